The Morgan fingerprint density at radius 1 is 1.39 bits per heavy atom. The SMILES string of the molecule is CC[C@@H](C)NS(=O)(=O)c1sc2c(c1C(=O)OC)CCN(C(=O)c1ccc(F)cc1Cl)C2. The van der Waals surface area contributed by atoms with Crippen molar-refractivity contribution >= 4 is 44.8 Å². The molecule has 11 heteroatoms. The first-order chi connectivity index (χ1) is 14.6. The van der Waals surface area contributed by atoms with Gasteiger partial charge in [-0.1, -0.05) is 18.5 Å². The number of esters is 1. The quantitative estimate of drug-likeness (QED) is 0.627. The number of carbonyl (C=O) groups excluding carboxylic acids is 2. The summed E-state index contributed by atoms with van der Waals surface area (Å²) in [5, 5.41) is -0.00162. The van der Waals surface area contributed by atoms with E-state index in [0.717, 1.165) is 23.5 Å². The van der Waals surface area contributed by atoms with Gasteiger partial charge in [0.2, 0.25) is 0 Å². The monoisotopic (exact) mass is 488 g/mol. The predicted octanol–water partition coefficient (Wildman–Crippen LogP) is 3.60. The van der Waals surface area contributed by atoms with Crippen LogP contribution in [0.15, 0.2) is 22.4 Å². The zero-order chi connectivity index (χ0) is 22.9. The fourth-order valence-corrected chi connectivity index (χ4v) is 6.78. The van der Waals surface area contributed by atoms with Gasteiger partial charge < -0.3 is 9.64 Å². The van der Waals surface area contributed by atoms with E-state index in [9.17, 15) is 22.4 Å². The normalized spacial score (nSPS) is 14.8. The van der Waals surface area contributed by atoms with Crippen LogP contribution < -0.4 is 4.72 Å². The molecule has 2 heterocycles. The van der Waals surface area contributed by atoms with Gasteiger partial charge >= 0.3 is 5.97 Å². The number of carbonyl (C=O) groups is 2. The molecule has 1 aliphatic rings. The van der Waals surface area contributed by atoms with E-state index in [-0.39, 0.29) is 45.9 Å². The van der Waals surface area contributed by atoms with Gasteiger partial charge in [-0.2, -0.15) is 0 Å². The average molecular weight is 489 g/mol. The number of methoxy groups -OCH3 is 1. The van der Waals surface area contributed by atoms with E-state index in [0.29, 0.717) is 16.9 Å². The zero-order valence-electron chi connectivity index (χ0n) is 17.2. The number of hydrogen-bond acceptors (Lipinski definition) is 6. The van der Waals surface area contributed by atoms with Gasteiger partial charge in [0.05, 0.1) is 29.8 Å². The summed E-state index contributed by atoms with van der Waals surface area (Å²) in [4.78, 5) is 27.4. The van der Waals surface area contributed by atoms with Crippen LogP contribution >= 0.6 is 22.9 Å². The van der Waals surface area contributed by atoms with Crippen molar-refractivity contribution in [1.82, 2.24) is 9.62 Å². The van der Waals surface area contributed by atoms with E-state index in [1.807, 2.05) is 6.92 Å². The molecule has 0 radical (unpaired) electrons. The van der Waals surface area contributed by atoms with Gasteiger partial charge in [0.15, 0.2) is 0 Å². The van der Waals surface area contributed by atoms with Crippen LogP contribution in [0.5, 0.6) is 0 Å². The lowest BCUT2D eigenvalue weighted by Crippen LogP contribution is -2.36. The van der Waals surface area contributed by atoms with Crippen LogP contribution in [0.25, 0.3) is 0 Å². The van der Waals surface area contributed by atoms with Crippen molar-refractivity contribution < 1.29 is 27.1 Å². The highest BCUT2D eigenvalue weighted by Crippen LogP contribution is 2.37. The summed E-state index contributed by atoms with van der Waals surface area (Å²) in [6.45, 7) is 3.93. The fraction of sp³-hybridized carbons (Fsp3) is 0.400. The Balaban J connectivity index is 1.98. The third-order valence-electron chi connectivity index (χ3n) is 5.08. The summed E-state index contributed by atoms with van der Waals surface area (Å²) in [6, 6.07) is 3.22. The van der Waals surface area contributed by atoms with Crippen LogP contribution in [0.3, 0.4) is 0 Å². The number of nitrogens with one attached hydrogen (secondary N) is 1. The van der Waals surface area contributed by atoms with Crippen molar-refractivity contribution in [3.05, 3.63) is 50.6 Å². The lowest BCUT2D eigenvalue weighted by molar-refractivity contribution is 0.0595. The van der Waals surface area contributed by atoms with E-state index in [1.54, 1.807) is 6.92 Å². The molecule has 1 aromatic heterocycles. The second-order valence-electron chi connectivity index (χ2n) is 7.19. The smallest absolute Gasteiger partial charge is 0.340 e. The Morgan fingerprint density at radius 2 is 2.10 bits per heavy atom. The number of rotatable bonds is 6. The van der Waals surface area contributed by atoms with Gasteiger partial charge in [-0.05, 0) is 43.5 Å². The summed E-state index contributed by atoms with van der Waals surface area (Å²) in [7, 11) is -2.76. The third kappa shape index (κ3) is 4.77. The molecule has 1 atom stereocenters. The van der Waals surface area contributed by atoms with Crippen LogP contribution in [0, 0.1) is 5.82 Å². The van der Waals surface area contributed by atoms with Gasteiger partial charge in [-0.25, -0.2) is 22.3 Å². The maximum absolute atomic E-state index is 13.3. The lowest BCUT2D eigenvalue weighted by atomic mass is 10.0. The Morgan fingerprint density at radius 3 is 2.71 bits per heavy atom. The Kier molecular flexibility index (Phi) is 7.04. The maximum atomic E-state index is 13.3. The van der Waals surface area contributed by atoms with Crippen LogP contribution in [-0.4, -0.2) is 44.9 Å². The molecule has 0 bridgehead atoms. The van der Waals surface area contributed by atoms with E-state index in [4.69, 9.17) is 16.3 Å². The molecule has 1 aliphatic heterocycles. The van der Waals surface area contributed by atoms with Crippen LogP contribution in [0.1, 0.15) is 51.4 Å². The molecule has 0 fully saturated rings. The first-order valence-corrected chi connectivity index (χ1v) is 12.3. The summed E-state index contributed by atoms with van der Waals surface area (Å²) >= 11 is 6.97. The first kappa shape index (κ1) is 23.6. The number of thiophene rings is 1. The highest BCUT2D eigenvalue weighted by molar-refractivity contribution is 7.91. The Bertz CT molecular complexity index is 1130. The Hall–Kier alpha value is -2.01. The first-order valence-electron chi connectivity index (χ1n) is 9.58. The van der Waals surface area contributed by atoms with Crippen LogP contribution in [-0.2, 0) is 27.7 Å². The highest BCUT2D eigenvalue weighted by atomic mass is 35.5. The number of halogens is 2. The van der Waals surface area contributed by atoms with E-state index < -0.39 is 27.7 Å². The summed E-state index contributed by atoms with van der Waals surface area (Å²) in [5.74, 6) is -1.68. The molecule has 0 aliphatic carbocycles. The minimum Gasteiger partial charge on any atom is -0.465 e. The second-order valence-corrected chi connectivity index (χ2v) is 10.6. The van der Waals surface area contributed by atoms with Crippen molar-refractivity contribution in [2.24, 2.45) is 0 Å². The van der Waals surface area contributed by atoms with Gasteiger partial charge in [-0.15, -0.1) is 11.3 Å². The predicted molar refractivity (Wildman–Crippen MR) is 116 cm³/mol. The molecular formula is C20H22ClFN2O5S2. The van der Waals surface area contributed by atoms with Crippen molar-refractivity contribution in [3.63, 3.8) is 0 Å². The van der Waals surface area contributed by atoms with Crippen molar-refractivity contribution in [3.8, 4) is 0 Å². The molecule has 0 saturated carbocycles. The number of fused-ring (bicyclic) bond motifs is 1. The molecule has 7 nitrogen and oxygen atoms in total. The van der Waals surface area contributed by atoms with Gasteiger partial charge in [0.1, 0.15) is 10.0 Å². The molecular weight excluding hydrogens is 467 g/mol. The summed E-state index contributed by atoms with van der Waals surface area (Å²) < 4.78 is 46.5. The maximum Gasteiger partial charge on any atom is 0.340 e. The number of nitrogens with zero attached hydrogens (tertiary/aromatic N) is 1. The second kappa shape index (κ2) is 9.23. The molecule has 1 aromatic carbocycles. The largest absolute Gasteiger partial charge is 0.465 e. The summed E-state index contributed by atoms with van der Waals surface area (Å²) in [6.07, 6.45) is 0.859. The van der Waals surface area contributed by atoms with E-state index in [1.165, 1.54) is 18.1 Å². The van der Waals surface area contributed by atoms with E-state index >= 15 is 0 Å². The average Bonchev–Trinajstić information content (AvgIpc) is 3.12. The number of ether oxygens (including phenoxy) is 1. The third-order valence-corrected chi connectivity index (χ3v) is 8.71. The number of amides is 1. The lowest BCUT2D eigenvalue weighted by Gasteiger charge is -2.27. The van der Waals surface area contributed by atoms with Crippen LogP contribution in [0.4, 0.5) is 4.39 Å². The Labute approximate surface area is 189 Å². The standard InChI is InChI=1S/C20H22ClFN2O5S2/c1-4-11(2)23-31(27,28)20-17(19(26)29-3)14-7-8-24(10-16(14)30-20)18(25)13-6-5-12(22)9-15(13)21/h5-6,9,11,23H,4,7-8,10H2,1-3H3/t11-/m1/s1. The zero-order valence-corrected chi connectivity index (χ0v) is 19.6. The molecule has 1 amide bonds. The molecule has 31 heavy (non-hydrogen) atoms. The van der Waals surface area contributed by atoms with Gasteiger partial charge in [0, 0.05) is 17.5 Å². The van der Waals surface area contributed by atoms with Crippen LogP contribution in [0.2, 0.25) is 5.02 Å². The molecule has 2 aromatic rings. The van der Waals surface area contributed by atoms with Gasteiger partial charge in [0.25, 0.3) is 15.9 Å². The van der Waals surface area contributed by atoms with E-state index in [2.05, 4.69) is 4.72 Å². The number of sulfonamides is 1. The van der Waals surface area contributed by atoms with Crippen molar-refractivity contribution in [2.75, 3.05) is 13.7 Å². The van der Waals surface area contributed by atoms with Gasteiger partial charge in [-0.3, -0.25) is 4.79 Å². The number of benzene rings is 1. The summed E-state index contributed by atoms with van der Waals surface area (Å²) in [5.41, 5.74) is 0.739. The fourth-order valence-electron chi connectivity index (χ4n) is 3.28. The van der Waals surface area contributed by atoms with Crippen molar-refractivity contribution in [1.29, 1.82) is 0 Å². The molecule has 168 valence electrons. The molecule has 3 rings (SSSR count). The molecule has 0 spiro atoms. The van der Waals surface area contributed by atoms with Crippen molar-refractivity contribution in [2.45, 2.75) is 43.5 Å². The topological polar surface area (TPSA) is 92.8 Å². The highest BCUT2D eigenvalue weighted by Gasteiger charge is 2.35. The molecule has 0 saturated heterocycles. The number of hydrogen-bond donors (Lipinski definition) is 1. The molecule has 1 N–H and O–H groups in total. The minimum absolute atomic E-state index is 0.00162. The minimum atomic E-state index is -3.95. The molecule has 0 unspecified atom stereocenters.